The van der Waals surface area contributed by atoms with Crippen molar-refractivity contribution in [3.63, 3.8) is 0 Å². The van der Waals surface area contributed by atoms with Crippen molar-refractivity contribution in [1.82, 2.24) is 9.97 Å². The fourth-order valence-corrected chi connectivity index (χ4v) is 6.63. The van der Waals surface area contributed by atoms with Gasteiger partial charge in [0.2, 0.25) is 0 Å². The highest BCUT2D eigenvalue weighted by Crippen LogP contribution is 2.50. The van der Waals surface area contributed by atoms with Gasteiger partial charge < -0.3 is 0 Å². The van der Waals surface area contributed by atoms with Gasteiger partial charge >= 0.3 is 0 Å². The normalized spacial score (nSPS) is 13.5. The molecule has 0 unspecified atom stereocenters. The Morgan fingerprint density at radius 3 is 1.33 bits per heavy atom. The minimum absolute atomic E-state index is 0.0224. The molecule has 6 aromatic rings. The van der Waals surface area contributed by atoms with Crippen molar-refractivity contribution in [3.05, 3.63) is 168 Å². The van der Waals surface area contributed by atoms with Crippen LogP contribution in [-0.4, -0.2) is 9.97 Å². The summed E-state index contributed by atoms with van der Waals surface area (Å²) < 4.78 is 0. The molecule has 0 spiro atoms. The van der Waals surface area contributed by atoms with Crippen LogP contribution in [0, 0.1) is 0 Å². The third-order valence-electron chi connectivity index (χ3n) is 9.03. The molecule has 0 saturated heterocycles. The molecule has 4 heteroatoms. The number of pyridine rings is 2. The molecular weight excluding hydrogens is 560 g/mol. The number of hydrogen-bond donors (Lipinski definition) is 0. The highest BCUT2D eigenvalue weighted by Gasteiger charge is 2.30. The molecule has 0 aliphatic carbocycles. The van der Waals surface area contributed by atoms with Gasteiger partial charge in [0, 0.05) is 22.3 Å². The average Bonchev–Trinajstić information content (AvgIpc) is 3.08. The molecule has 0 radical (unpaired) electrons. The van der Waals surface area contributed by atoms with Crippen LogP contribution in [0.25, 0.3) is 22.5 Å². The second-order valence-corrected chi connectivity index (χ2v) is 12.9. The highest BCUT2D eigenvalue weighted by molar-refractivity contribution is 6.01. The highest BCUT2D eigenvalue weighted by atomic mass is 15.2. The van der Waals surface area contributed by atoms with Crippen molar-refractivity contribution in [2.75, 3.05) is 9.80 Å². The fraction of sp³-hybridized carbons (Fsp3) is 0.0952. The average molecular weight is 595 g/mol. The maximum Gasteiger partial charge on any atom is 0.138 e. The summed E-state index contributed by atoms with van der Waals surface area (Å²) in [7, 11) is 0. The molecule has 0 saturated carbocycles. The summed E-state index contributed by atoms with van der Waals surface area (Å²) in [5.41, 5.74) is 13.7. The Labute approximate surface area is 270 Å². The van der Waals surface area contributed by atoms with E-state index in [1.807, 2.05) is 12.1 Å². The first-order chi connectivity index (χ1) is 22.3. The van der Waals surface area contributed by atoms with Crippen molar-refractivity contribution in [2.45, 2.75) is 26.2 Å². The maximum atomic E-state index is 5.25. The van der Waals surface area contributed by atoms with Crippen LogP contribution in [0.5, 0.6) is 0 Å². The molecule has 0 N–H and O–H groups in total. The van der Waals surface area contributed by atoms with Crippen LogP contribution in [0.1, 0.15) is 48.6 Å². The Morgan fingerprint density at radius 2 is 0.870 bits per heavy atom. The molecule has 4 aromatic carbocycles. The molecule has 0 amide bonds. The van der Waals surface area contributed by atoms with E-state index in [1.54, 1.807) is 0 Å². The number of nitrogens with zero attached hydrogens (tertiary/aromatic N) is 4. The number of anilines is 6. The smallest absolute Gasteiger partial charge is 0.138 e. The largest absolute Gasteiger partial charge is 0.294 e. The maximum absolute atomic E-state index is 5.25. The van der Waals surface area contributed by atoms with Crippen molar-refractivity contribution in [1.29, 1.82) is 0 Å². The van der Waals surface area contributed by atoms with Crippen LogP contribution in [0.15, 0.2) is 141 Å². The first-order valence-corrected chi connectivity index (χ1v) is 15.7. The minimum atomic E-state index is 0.0224. The van der Waals surface area contributed by atoms with Gasteiger partial charge in [-0.2, -0.15) is 0 Å². The molecule has 222 valence electrons. The van der Waals surface area contributed by atoms with Crippen LogP contribution in [0.4, 0.5) is 34.4 Å². The monoisotopic (exact) mass is 594 g/mol. The number of para-hydroxylation sites is 3. The summed E-state index contributed by atoms with van der Waals surface area (Å²) in [6.45, 7) is 15.7. The first-order valence-electron chi connectivity index (χ1n) is 15.7. The van der Waals surface area contributed by atoms with Crippen LogP contribution < -0.4 is 9.80 Å². The van der Waals surface area contributed by atoms with Crippen LogP contribution in [0.3, 0.4) is 0 Å². The predicted octanol–water partition coefficient (Wildman–Crippen LogP) is 11.1. The van der Waals surface area contributed by atoms with Gasteiger partial charge in [0.25, 0.3) is 0 Å². The quantitative estimate of drug-likeness (QED) is 0.204. The number of benzene rings is 4. The summed E-state index contributed by atoms with van der Waals surface area (Å²) in [6, 6.07) is 44.3. The molecule has 0 bridgehead atoms. The summed E-state index contributed by atoms with van der Waals surface area (Å²) in [5.74, 6) is 1.66. The summed E-state index contributed by atoms with van der Waals surface area (Å²) in [6.07, 6.45) is 0. The third kappa shape index (κ3) is 4.37. The van der Waals surface area contributed by atoms with Gasteiger partial charge in [-0.1, -0.05) is 107 Å². The van der Waals surface area contributed by atoms with E-state index in [0.29, 0.717) is 0 Å². The van der Waals surface area contributed by atoms with E-state index in [4.69, 9.17) is 9.97 Å². The van der Waals surface area contributed by atoms with Gasteiger partial charge in [0.1, 0.15) is 11.6 Å². The molecule has 4 nitrogen and oxygen atoms in total. The molecule has 8 rings (SSSR count). The van der Waals surface area contributed by atoms with Crippen LogP contribution in [0.2, 0.25) is 0 Å². The van der Waals surface area contributed by atoms with Crippen molar-refractivity contribution >= 4 is 45.5 Å². The van der Waals surface area contributed by atoms with E-state index in [1.165, 1.54) is 5.56 Å². The van der Waals surface area contributed by atoms with E-state index >= 15 is 0 Å². The topological polar surface area (TPSA) is 32.3 Å². The van der Waals surface area contributed by atoms with Crippen LogP contribution >= 0.6 is 0 Å². The van der Waals surface area contributed by atoms with E-state index < -0.39 is 0 Å². The lowest BCUT2D eigenvalue weighted by atomic mass is 9.82. The molecule has 0 fully saturated rings. The van der Waals surface area contributed by atoms with E-state index in [9.17, 15) is 0 Å². The second-order valence-electron chi connectivity index (χ2n) is 12.9. The van der Waals surface area contributed by atoms with E-state index in [-0.39, 0.29) is 5.41 Å². The third-order valence-corrected chi connectivity index (χ3v) is 9.03. The Kier molecular flexibility index (Phi) is 6.29. The number of fused-ring (bicyclic) bond motifs is 4. The summed E-state index contributed by atoms with van der Waals surface area (Å²) in [4.78, 5) is 14.9. The van der Waals surface area contributed by atoms with Crippen molar-refractivity contribution in [3.8, 4) is 11.4 Å². The zero-order valence-electron chi connectivity index (χ0n) is 26.3. The Bertz CT molecular complexity index is 2150. The van der Waals surface area contributed by atoms with E-state index in [0.717, 1.165) is 79.2 Å². The SMILES string of the molecule is C=C1c2ccccc2N(c2cccc(-c3cccc(N4c5ccccc5C(=C)c5cc(C(C)(C)C)ccc54)n3)n2)c2ccccc21. The molecule has 2 aromatic heterocycles. The molecule has 46 heavy (non-hydrogen) atoms. The zero-order valence-corrected chi connectivity index (χ0v) is 26.3. The van der Waals surface area contributed by atoms with Crippen molar-refractivity contribution in [2.24, 2.45) is 0 Å². The van der Waals surface area contributed by atoms with Crippen molar-refractivity contribution < 1.29 is 0 Å². The molecular formula is C42H34N4. The number of rotatable bonds is 3. The van der Waals surface area contributed by atoms with Gasteiger partial charge in [-0.25, -0.2) is 9.97 Å². The molecule has 0 atom stereocenters. The van der Waals surface area contributed by atoms with E-state index in [2.05, 4.69) is 159 Å². The van der Waals surface area contributed by atoms with Crippen LogP contribution in [-0.2, 0) is 5.41 Å². The standard InChI is InChI=1S/C42H34N4/c1-27-30-14-6-9-19-36(30)45(37-20-10-7-15-31(27)37)40-22-12-17-34(43-40)35-18-13-23-41(44-35)46-38-21-11-8-16-32(38)28(2)33-26-29(42(3,4)5)24-25-39(33)46/h6-26H,1-2H2,3-5H3. The first kappa shape index (κ1) is 27.8. The predicted molar refractivity (Wildman–Crippen MR) is 192 cm³/mol. The minimum Gasteiger partial charge on any atom is -0.294 e. The summed E-state index contributed by atoms with van der Waals surface area (Å²) in [5, 5.41) is 0. The Balaban J connectivity index is 1.25. The summed E-state index contributed by atoms with van der Waals surface area (Å²) >= 11 is 0. The lowest BCUT2D eigenvalue weighted by molar-refractivity contribution is 0.590. The van der Waals surface area contributed by atoms with Gasteiger partial charge in [-0.05, 0) is 76.7 Å². The molecule has 2 aliphatic rings. The molecule has 4 heterocycles. The fourth-order valence-electron chi connectivity index (χ4n) is 6.63. The Morgan fingerprint density at radius 1 is 0.457 bits per heavy atom. The van der Waals surface area contributed by atoms with Gasteiger partial charge in [-0.3, -0.25) is 9.80 Å². The van der Waals surface area contributed by atoms with Gasteiger partial charge in [0.15, 0.2) is 0 Å². The Hall–Kier alpha value is -5.74. The lowest BCUT2D eigenvalue weighted by Gasteiger charge is -2.35. The second kappa shape index (κ2) is 10.4. The number of hydrogen-bond acceptors (Lipinski definition) is 4. The van der Waals surface area contributed by atoms with Gasteiger partial charge in [0.05, 0.1) is 34.1 Å². The number of aromatic nitrogens is 2. The molecule has 2 aliphatic heterocycles. The lowest BCUT2D eigenvalue weighted by Crippen LogP contribution is -2.20. The van der Waals surface area contributed by atoms with Gasteiger partial charge in [-0.15, -0.1) is 0 Å². The zero-order chi connectivity index (χ0) is 31.6.